The molecule has 0 spiro atoms. The average Bonchev–Trinajstić information content (AvgIpc) is 3.18. The molecule has 0 aliphatic rings. The Hall–Kier alpha value is -3.16. The highest BCUT2D eigenvalue weighted by Crippen LogP contribution is 2.36. The summed E-state index contributed by atoms with van der Waals surface area (Å²) in [6.07, 6.45) is 1.61. The quantitative estimate of drug-likeness (QED) is 0.307. The molecule has 8 heteroatoms. The summed E-state index contributed by atoms with van der Waals surface area (Å²) in [4.78, 5) is 19.3. The Morgan fingerprint density at radius 2 is 1.88 bits per heavy atom. The van der Waals surface area contributed by atoms with Gasteiger partial charge in [-0.25, -0.2) is 9.37 Å². The number of anilines is 1. The van der Waals surface area contributed by atoms with Crippen molar-refractivity contribution < 1.29 is 18.7 Å². The molecule has 1 amide bonds. The van der Waals surface area contributed by atoms with Gasteiger partial charge in [-0.05, 0) is 60.5 Å². The second kappa shape index (κ2) is 9.77. The molecule has 170 valence electrons. The number of nitrogens with zero attached hydrogens (tertiary/aromatic N) is 1. The summed E-state index contributed by atoms with van der Waals surface area (Å²) in [5.74, 6) is 0.508. The number of aromatic nitrogens is 1. The minimum absolute atomic E-state index is 0.148. The molecule has 0 atom stereocenters. The van der Waals surface area contributed by atoms with Crippen molar-refractivity contribution in [2.45, 2.75) is 19.8 Å². The summed E-state index contributed by atoms with van der Waals surface area (Å²) in [7, 11) is 3.18. The molecule has 0 aliphatic carbocycles. The van der Waals surface area contributed by atoms with Crippen LogP contribution in [0.1, 0.15) is 28.6 Å². The summed E-state index contributed by atoms with van der Waals surface area (Å²) in [5, 5.41) is 3.90. The summed E-state index contributed by atoms with van der Waals surface area (Å²) < 4.78 is 24.1. The molecule has 4 rings (SSSR count). The first kappa shape index (κ1) is 23.0. The van der Waals surface area contributed by atoms with Crippen molar-refractivity contribution in [1.29, 1.82) is 0 Å². The zero-order valence-electron chi connectivity index (χ0n) is 18.4. The number of benzene rings is 2. The Kier molecular flexibility index (Phi) is 6.81. The van der Waals surface area contributed by atoms with Crippen molar-refractivity contribution in [3.63, 3.8) is 0 Å². The van der Waals surface area contributed by atoms with E-state index in [0.717, 1.165) is 39.9 Å². The van der Waals surface area contributed by atoms with Crippen LogP contribution in [-0.4, -0.2) is 25.1 Å². The fraction of sp³-hybridized carbons (Fsp3) is 0.200. The number of carbonyl (C=O) groups excluding carboxylic acids is 1. The number of thiophene rings is 1. The number of nitrogens with one attached hydrogen (secondary N) is 1. The molecule has 0 saturated heterocycles. The Labute approximate surface area is 200 Å². The highest BCUT2D eigenvalue weighted by atomic mass is 35.5. The molecule has 2 heterocycles. The number of hydrogen-bond donors (Lipinski definition) is 1. The van der Waals surface area contributed by atoms with Gasteiger partial charge in [-0.1, -0.05) is 24.9 Å². The molecule has 0 radical (unpaired) electrons. The standard InChI is InChI=1S/C25H22ClFN2O3S/c1-4-5-16-17-8-10-19(14-6-11-21(31-2)22(12-14)32-3)29-25(17)33-23(16)24(30)28-20-9-7-15(27)13-18(20)26/h6-13H,4-5H2,1-3H3,(H,28,30). The van der Waals surface area contributed by atoms with E-state index in [2.05, 4.69) is 12.2 Å². The van der Waals surface area contributed by atoms with Gasteiger partial charge in [0.1, 0.15) is 10.6 Å². The first-order valence-corrected chi connectivity index (χ1v) is 11.6. The molecular formula is C25H22ClFN2O3S. The maximum atomic E-state index is 13.4. The molecule has 33 heavy (non-hydrogen) atoms. The maximum absolute atomic E-state index is 13.4. The third-order valence-corrected chi connectivity index (χ3v) is 6.68. The number of fused-ring (bicyclic) bond motifs is 1. The zero-order chi connectivity index (χ0) is 23.5. The predicted molar refractivity (Wildman–Crippen MR) is 132 cm³/mol. The van der Waals surface area contributed by atoms with E-state index in [4.69, 9.17) is 26.1 Å². The van der Waals surface area contributed by atoms with Gasteiger partial charge in [-0.3, -0.25) is 4.79 Å². The highest BCUT2D eigenvalue weighted by molar-refractivity contribution is 7.20. The van der Waals surface area contributed by atoms with Crippen LogP contribution in [0.5, 0.6) is 11.5 Å². The number of halogens is 2. The number of aryl methyl sites for hydroxylation is 1. The van der Waals surface area contributed by atoms with Crippen LogP contribution in [0.4, 0.5) is 10.1 Å². The number of carbonyl (C=O) groups is 1. The maximum Gasteiger partial charge on any atom is 0.266 e. The summed E-state index contributed by atoms with van der Waals surface area (Å²) in [6, 6.07) is 13.4. The smallest absolute Gasteiger partial charge is 0.266 e. The minimum atomic E-state index is -0.460. The lowest BCUT2D eigenvalue weighted by Gasteiger charge is -2.09. The largest absolute Gasteiger partial charge is 0.493 e. The predicted octanol–water partition coefficient (Wildman–Crippen LogP) is 6.98. The summed E-state index contributed by atoms with van der Waals surface area (Å²) in [6.45, 7) is 2.06. The lowest BCUT2D eigenvalue weighted by molar-refractivity contribution is 0.103. The fourth-order valence-electron chi connectivity index (χ4n) is 3.64. The normalized spacial score (nSPS) is 10.9. The van der Waals surface area contributed by atoms with Gasteiger partial charge in [-0.15, -0.1) is 11.3 Å². The molecule has 4 aromatic rings. The molecule has 2 aromatic carbocycles. The SMILES string of the molecule is CCCc1c(C(=O)Nc2ccc(F)cc2Cl)sc2nc(-c3ccc(OC)c(OC)c3)ccc12. The molecule has 1 N–H and O–H groups in total. The number of methoxy groups -OCH3 is 2. The molecule has 2 aromatic heterocycles. The van der Waals surface area contributed by atoms with Crippen LogP contribution in [-0.2, 0) is 6.42 Å². The van der Waals surface area contributed by atoms with Crippen LogP contribution in [0.2, 0.25) is 5.02 Å². The van der Waals surface area contributed by atoms with E-state index < -0.39 is 5.82 Å². The Balaban J connectivity index is 1.73. The summed E-state index contributed by atoms with van der Waals surface area (Å²) >= 11 is 7.42. The lowest BCUT2D eigenvalue weighted by Crippen LogP contribution is -2.12. The van der Waals surface area contributed by atoms with Crippen LogP contribution >= 0.6 is 22.9 Å². The Morgan fingerprint density at radius 1 is 1.09 bits per heavy atom. The zero-order valence-corrected chi connectivity index (χ0v) is 19.9. The molecule has 5 nitrogen and oxygen atoms in total. The van der Waals surface area contributed by atoms with Gasteiger partial charge in [0.15, 0.2) is 11.5 Å². The molecule has 0 bridgehead atoms. The number of pyridine rings is 1. The molecule has 0 unspecified atom stereocenters. The first-order chi connectivity index (χ1) is 15.9. The van der Waals surface area contributed by atoms with Crippen LogP contribution in [0.3, 0.4) is 0 Å². The van der Waals surface area contributed by atoms with Crippen molar-refractivity contribution in [2.75, 3.05) is 19.5 Å². The number of amides is 1. The van der Waals surface area contributed by atoms with Crippen molar-refractivity contribution in [3.05, 3.63) is 69.8 Å². The van der Waals surface area contributed by atoms with E-state index in [1.807, 2.05) is 30.3 Å². The average molecular weight is 485 g/mol. The second-order valence-electron chi connectivity index (χ2n) is 7.36. The van der Waals surface area contributed by atoms with E-state index >= 15 is 0 Å². The van der Waals surface area contributed by atoms with Crippen LogP contribution in [0.25, 0.3) is 21.5 Å². The fourth-order valence-corrected chi connectivity index (χ4v) is 4.97. The Morgan fingerprint density at radius 3 is 2.58 bits per heavy atom. The van der Waals surface area contributed by atoms with E-state index in [1.165, 1.54) is 29.5 Å². The molecule has 0 aliphatic heterocycles. The van der Waals surface area contributed by atoms with Crippen molar-refractivity contribution >= 4 is 44.7 Å². The van der Waals surface area contributed by atoms with Crippen LogP contribution < -0.4 is 14.8 Å². The van der Waals surface area contributed by atoms with Gasteiger partial charge < -0.3 is 14.8 Å². The van der Waals surface area contributed by atoms with Crippen LogP contribution in [0.15, 0.2) is 48.5 Å². The highest BCUT2D eigenvalue weighted by Gasteiger charge is 2.20. The number of hydrogen-bond acceptors (Lipinski definition) is 5. The lowest BCUT2D eigenvalue weighted by atomic mass is 10.1. The number of rotatable bonds is 7. The van der Waals surface area contributed by atoms with Gasteiger partial charge in [-0.2, -0.15) is 0 Å². The molecular weight excluding hydrogens is 463 g/mol. The van der Waals surface area contributed by atoms with Gasteiger partial charge >= 0.3 is 0 Å². The first-order valence-electron chi connectivity index (χ1n) is 10.4. The van der Waals surface area contributed by atoms with E-state index in [9.17, 15) is 9.18 Å². The third kappa shape index (κ3) is 4.65. The van der Waals surface area contributed by atoms with Gasteiger partial charge in [0.25, 0.3) is 5.91 Å². The van der Waals surface area contributed by atoms with Crippen LogP contribution in [0, 0.1) is 5.82 Å². The number of ether oxygens (including phenoxy) is 2. The monoisotopic (exact) mass is 484 g/mol. The van der Waals surface area contributed by atoms with E-state index in [0.29, 0.717) is 22.1 Å². The third-order valence-electron chi connectivity index (χ3n) is 5.22. The van der Waals surface area contributed by atoms with E-state index in [-0.39, 0.29) is 10.9 Å². The van der Waals surface area contributed by atoms with E-state index in [1.54, 1.807) is 14.2 Å². The van der Waals surface area contributed by atoms with Crippen molar-refractivity contribution in [2.24, 2.45) is 0 Å². The Bertz CT molecular complexity index is 1340. The summed E-state index contributed by atoms with van der Waals surface area (Å²) in [5.41, 5.74) is 2.95. The van der Waals surface area contributed by atoms with Gasteiger partial charge in [0.2, 0.25) is 0 Å². The van der Waals surface area contributed by atoms with Gasteiger partial charge in [0.05, 0.1) is 35.5 Å². The van der Waals surface area contributed by atoms with Gasteiger partial charge in [0, 0.05) is 10.9 Å². The molecule has 0 saturated carbocycles. The van der Waals surface area contributed by atoms with Crippen molar-refractivity contribution in [3.8, 4) is 22.8 Å². The van der Waals surface area contributed by atoms with Crippen molar-refractivity contribution in [1.82, 2.24) is 4.98 Å². The molecule has 0 fully saturated rings. The topological polar surface area (TPSA) is 60.5 Å². The minimum Gasteiger partial charge on any atom is -0.493 e. The second-order valence-corrected chi connectivity index (χ2v) is 8.76.